The van der Waals surface area contributed by atoms with E-state index in [1.54, 1.807) is 0 Å². The summed E-state index contributed by atoms with van der Waals surface area (Å²) in [5, 5.41) is 7.81. The lowest BCUT2D eigenvalue weighted by molar-refractivity contribution is 0.00939. The summed E-state index contributed by atoms with van der Waals surface area (Å²) >= 11 is 0. The number of aromatic nitrogens is 2. The van der Waals surface area contributed by atoms with Crippen LogP contribution in [-0.2, 0) is 11.3 Å². The van der Waals surface area contributed by atoms with Crippen LogP contribution in [0, 0.1) is 5.92 Å². The van der Waals surface area contributed by atoms with Crippen LogP contribution >= 0.6 is 0 Å². The fraction of sp³-hybridized carbons (Fsp3) is 0.800. The van der Waals surface area contributed by atoms with E-state index in [9.17, 15) is 0 Å². The molecule has 0 amide bonds. The molecule has 2 atom stereocenters. The summed E-state index contributed by atoms with van der Waals surface area (Å²) in [5.74, 6) is 0.668. The van der Waals surface area contributed by atoms with Gasteiger partial charge < -0.3 is 10.1 Å². The number of likely N-dealkylation sites (N-methyl/N-ethyl adjacent to an activating group) is 1. The summed E-state index contributed by atoms with van der Waals surface area (Å²) in [4.78, 5) is 0. The molecule has 1 aliphatic carbocycles. The Hall–Kier alpha value is -0.870. The van der Waals surface area contributed by atoms with E-state index in [2.05, 4.69) is 23.5 Å². The average molecular weight is 265 g/mol. The van der Waals surface area contributed by atoms with Crippen LogP contribution < -0.4 is 5.32 Å². The largest absolute Gasteiger partial charge is 0.379 e. The van der Waals surface area contributed by atoms with Gasteiger partial charge in [-0.2, -0.15) is 5.10 Å². The van der Waals surface area contributed by atoms with E-state index in [1.807, 2.05) is 25.0 Å². The molecule has 4 heteroatoms. The van der Waals surface area contributed by atoms with Gasteiger partial charge in [-0.25, -0.2) is 0 Å². The molecule has 1 saturated carbocycles. The maximum Gasteiger partial charge on any atom is 0.0795 e. The molecule has 2 unspecified atom stereocenters. The van der Waals surface area contributed by atoms with Crippen LogP contribution in [0.1, 0.15) is 50.6 Å². The van der Waals surface area contributed by atoms with Crippen LogP contribution in [-0.4, -0.2) is 30.0 Å². The molecule has 1 aliphatic rings. The fourth-order valence-corrected chi connectivity index (χ4v) is 3.30. The lowest BCUT2D eigenvalue weighted by Gasteiger charge is -2.34. The Morgan fingerprint density at radius 3 is 2.68 bits per heavy atom. The van der Waals surface area contributed by atoms with Crippen LogP contribution in [0.4, 0.5) is 0 Å². The zero-order valence-electron chi connectivity index (χ0n) is 12.4. The summed E-state index contributed by atoms with van der Waals surface area (Å²) in [6.45, 7) is 3.03. The van der Waals surface area contributed by atoms with Gasteiger partial charge in [-0.05, 0) is 32.7 Å². The second-order valence-corrected chi connectivity index (χ2v) is 5.49. The van der Waals surface area contributed by atoms with Gasteiger partial charge in [0.2, 0.25) is 0 Å². The van der Waals surface area contributed by atoms with E-state index < -0.39 is 0 Å². The number of ether oxygens (including phenoxy) is 1. The van der Waals surface area contributed by atoms with Crippen molar-refractivity contribution < 1.29 is 4.74 Å². The van der Waals surface area contributed by atoms with Gasteiger partial charge in [0.1, 0.15) is 0 Å². The zero-order valence-corrected chi connectivity index (χ0v) is 12.4. The third-order valence-electron chi connectivity index (χ3n) is 4.36. The Kier molecular flexibility index (Phi) is 5.40. The lowest BCUT2D eigenvalue weighted by Crippen LogP contribution is -2.37. The van der Waals surface area contributed by atoms with E-state index in [4.69, 9.17) is 4.74 Å². The molecule has 0 aliphatic heterocycles. The van der Waals surface area contributed by atoms with E-state index in [0.717, 1.165) is 6.54 Å². The Labute approximate surface area is 116 Å². The predicted molar refractivity (Wildman–Crippen MR) is 77.1 cm³/mol. The monoisotopic (exact) mass is 265 g/mol. The molecular formula is C15H27N3O. The van der Waals surface area contributed by atoms with Gasteiger partial charge >= 0.3 is 0 Å². The summed E-state index contributed by atoms with van der Waals surface area (Å²) in [6, 6.07) is 0.244. The number of nitrogens with one attached hydrogen (secondary N) is 1. The van der Waals surface area contributed by atoms with Crippen molar-refractivity contribution in [1.82, 2.24) is 15.1 Å². The highest BCUT2D eigenvalue weighted by Crippen LogP contribution is 2.33. The molecule has 1 aromatic rings. The molecule has 0 aromatic carbocycles. The Bertz CT molecular complexity index is 371. The molecule has 0 saturated heterocycles. The van der Waals surface area contributed by atoms with Crippen molar-refractivity contribution in [3.05, 3.63) is 18.0 Å². The minimum Gasteiger partial charge on any atom is -0.379 e. The molecular weight excluding hydrogens is 238 g/mol. The minimum atomic E-state index is 0.244. The van der Waals surface area contributed by atoms with Crippen LogP contribution in [0.15, 0.2) is 12.4 Å². The number of aryl methyl sites for hydroxylation is 1. The SMILES string of the molecule is CCn1cc(C(NC)C(OC)C2CCCCC2)cn1. The maximum atomic E-state index is 5.84. The van der Waals surface area contributed by atoms with Gasteiger partial charge in [-0.15, -0.1) is 0 Å². The number of hydrogen-bond donors (Lipinski definition) is 1. The third kappa shape index (κ3) is 3.37. The van der Waals surface area contributed by atoms with Gasteiger partial charge in [-0.1, -0.05) is 19.3 Å². The zero-order chi connectivity index (χ0) is 13.7. The van der Waals surface area contributed by atoms with E-state index >= 15 is 0 Å². The van der Waals surface area contributed by atoms with Gasteiger partial charge in [0.25, 0.3) is 0 Å². The highest BCUT2D eigenvalue weighted by atomic mass is 16.5. The van der Waals surface area contributed by atoms with Crippen LogP contribution in [0.25, 0.3) is 0 Å². The van der Waals surface area contributed by atoms with E-state index in [1.165, 1.54) is 37.7 Å². The van der Waals surface area contributed by atoms with Crippen molar-refractivity contribution in [2.24, 2.45) is 5.92 Å². The molecule has 1 heterocycles. The van der Waals surface area contributed by atoms with Gasteiger partial charge in [0.05, 0.1) is 18.3 Å². The standard InChI is InChI=1S/C15H27N3O/c1-4-18-11-13(10-17-18)14(16-2)15(19-3)12-8-6-5-7-9-12/h10-12,14-16H,4-9H2,1-3H3. The fourth-order valence-electron chi connectivity index (χ4n) is 3.30. The van der Waals surface area contributed by atoms with Gasteiger partial charge in [-0.3, -0.25) is 4.68 Å². The first kappa shape index (κ1) is 14.5. The molecule has 0 bridgehead atoms. The summed E-state index contributed by atoms with van der Waals surface area (Å²) in [7, 11) is 3.86. The second-order valence-electron chi connectivity index (χ2n) is 5.49. The predicted octanol–water partition coefficient (Wildman–Crippen LogP) is 2.76. The van der Waals surface area contributed by atoms with Crippen molar-refractivity contribution in [3.8, 4) is 0 Å². The Balaban J connectivity index is 2.12. The quantitative estimate of drug-likeness (QED) is 0.859. The maximum absolute atomic E-state index is 5.84. The summed E-state index contributed by atoms with van der Waals surface area (Å²) < 4.78 is 7.82. The molecule has 4 nitrogen and oxygen atoms in total. The number of hydrogen-bond acceptors (Lipinski definition) is 3. The average Bonchev–Trinajstić information content (AvgIpc) is 2.94. The number of methoxy groups -OCH3 is 1. The normalized spacial score (nSPS) is 20.4. The number of rotatable bonds is 6. The van der Waals surface area contributed by atoms with Crippen LogP contribution in [0.5, 0.6) is 0 Å². The lowest BCUT2D eigenvalue weighted by atomic mass is 9.81. The van der Waals surface area contributed by atoms with Crippen molar-refractivity contribution in [3.63, 3.8) is 0 Å². The van der Waals surface area contributed by atoms with E-state index in [0.29, 0.717) is 5.92 Å². The summed E-state index contributed by atoms with van der Waals surface area (Å²) in [6.07, 6.45) is 11.0. The first-order valence-corrected chi connectivity index (χ1v) is 7.52. The highest BCUT2D eigenvalue weighted by Gasteiger charge is 2.31. The third-order valence-corrected chi connectivity index (χ3v) is 4.36. The molecule has 0 radical (unpaired) electrons. The van der Waals surface area contributed by atoms with Gasteiger partial charge in [0, 0.05) is 25.4 Å². The molecule has 108 valence electrons. The Morgan fingerprint density at radius 1 is 1.42 bits per heavy atom. The summed E-state index contributed by atoms with van der Waals surface area (Å²) in [5.41, 5.74) is 1.24. The van der Waals surface area contributed by atoms with Crippen LogP contribution in [0.3, 0.4) is 0 Å². The highest BCUT2D eigenvalue weighted by molar-refractivity contribution is 5.13. The van der Waals surface area contributed by atoms with Crippen molar-refractivity contribution in [2.75, 3.05) is 14.2 Å². The topological polar surface area (TPSA) is 39.1 Å². The first-order chi connectivity index (χ1) is 9.30. The van der Waals surface area contributed by atoms with E-state index in [-0.39, 0.29) is 12.1 Å². The van der Waals surface area contributed by atoms with Crippen LogP contribution in [0.2, 0.25) is 0 Å². The van der Waals surface area contributed by atoms with Crippen molar-refractivity contribution >= 4 is 0 Å². The molecule has 0 spiro atoms. The molecule has 1 aromatic heterocycles. The van der Waals surface area contributed by atoms with Gasteiger partial charge in [0.15, 0.2) is 0 Å². The Morgan fingerprint density at radius 2 is 2.16 bits per heavy atom. The first-order valence-electron chi connectivity index (χ1n) is 7.52. The molecule has 1 N–H and O–H groups in total. The number of nitrogens with zero attached hydrogens (tertiary/aromatic N) is 2. The molecule has 1 fully saturated rings. The minimum absolute atomic E-state index is 0.244. The van der Waals surface area contributed by atoms with Crippen molar-refractivity contribution in [2.45, 2.75) is 57.7 Å². The molecule has 2 rings (SSSR count). The second kappa shape index (κ2) is 7.06. The smallest absolute Gasteiger partial charge is 0.0795 e. The molecule has 19 heavy (non-hydrogen) atoms. The van der Waals surface area contributed by atoms with Crippen molar-refractivity contribution in [1.29, 1.82) is 0 Å².